The van der Waals surface area contributed by atoms with Crippen molar-refractivity contribution in [3.8, 4) is 10.6 Å². The zero-order valence-electron chi connectivity index (χ0n) is 14.8. The molecule has 0 amide bonds. The highest BCUT2D eigenvalue weighted by Gasteiger charge is 2.24. The van der Waals surface area contributed by atoms with Gasteiger partial charge in [0, 0.05) is 23.1 Å². The highest BCUT2D eigenvalue weighted by Crippen LogP contribution is 2.29. The van der Waals surface area contributed by atoms with Crippen LogP contribution in [0, 0.1) is 22.9 Å². The molecule has 10 heteroatoms. The summed E-state index contributed by atoms with van der Waals surface area (Å²) in [5.41, 5.74) is 0.909. The highest BCUT2D eigenvalue weighted by molar-refractivity contribution is 7.89. The summed E-state index contributed by atoms with van der Waals surface area (Å²) in [5, 5.41) is 11.7. The van der Waals surface area contributed by atoms with E-state index in [-0.39, 0.29) is 17.3 Å². The first-order valence-electron chi connectivity index (χ1n) is 8.23. The fourth-order valence-corrected chi connectivity index (χ4v) is 4.88. The van der Waals surface area contributed by atoms with Crippen LogP contribution < -0.4 is 4.72 Å². The van der Waals surface area contributed by atoms with Crippen LogP contribution in [-0.4, -0.2) is 24.9 Å². The molecule has 0 aliphatic heterocycles. The maximum absolute atomic E-state index is 13.4. The molecule has 0 aliphatic rings. The van der Waals surface area contributed by atoms with Crippen LogP contribution in [0.2, 0.25) is 0 Å². The van der Waals surface area contributed by atoms with E-state index in [1.165, 1.54) is 41.7 Å². The zero-order chi connectivity index (χ0) is 20.3. The van der Waals surface area contributed by atoms with Gasteiger partial charge in [-0.15, -0.1) is 11.3 Å². The van der Waals surface area contributed by atoms with E-state index in [1.54, 1.807) is 19.1 Å². The van der Waals surface area contributed by atoms with Gasteiger partial charge in [-0.05, 0) is 31.5 Å². The first-order chi connectivity index (χ1) is 13.3. The molecule has 0 saturated carbocycles. The van der Waals surface area contributed by atoms with Crippen molar-refractivity contribution in [2.24, 2.45) is 0 Å². The molecule has 1 aromatic heterocycles. The van der Waals surface area contributed by atoms with Crippen molar-refractivity contribution in [2.75, 3.05) is 6.54 Å². The number of benzene rings is 2. The minimum atomic E-state index is -4.03. The third kappa shape index (κ3) is 4.41. The van der Waals surface area contributed by atoms with E-state index in [0.717, 1.165) is 16.6 Å². The van der Waals surface area contributed by atoms with Gasteiger partial charge in [0.25, 0.3) is 5.69 Å². The molecule has 3 rings (SSSR count). The molecular formula is C18H16FN3O4S2. The van der Waals surface area contributed by atoms with E-state index >= 15 is 0 Å². The fourth-order valence-electron chi connectivity index (χ4n) is 2.62. The third-order valence-electron chi connectivity index (χ3n) is 3.96. The molecule has 7 nitrogen and oxygen atoms in total. The summed E-state index contributed by atoms with van der Waals surface area (Å²) in [7, 11) is -4.03. The van der Waals surface area contributed by atoms with Gasteiger partial charge in [-0.25, -0.2) is 22.5 Å². The number of sulfonamides is 1. The molecule has 2 aromatic carbocycles. The average Bonchev–Trinajstić information content (AvgIpc) is 3.02. The lowest BCUT2D eigenvalue weighted by Crippen LogP contribution is -2.26. The van der Waals surface area contributed by atoms with Crippen molar-refractivity contribution in [1.82, 2.24) is 9.71 Å². The summed E-state index contributed by atoms with van der Waals surface area (Å²) in [4.78, 5) is 15.2. The van der Waals surface area contributed by atoms with E-state index < -0.39 is 20.6 Å². The molecule has 0 bridgehead atoms. The second-order valence-electron chi connectivity index (χ2n) is 5.91. The van der Waals surface area contributed by atoms with Gasteiger partial charge in [-0.1, -0.05) is 24.3 Å². The molecule has 1 heterocycles. The van der Waals surface area contributed by atoms with Crippen molar-refractivity contribution >= 4 is 27.0 Å². The van der Waals surface area contributed by atoms with Crippen LogP contribution in [0.5, 0.6) is 0 Å². The summed E-state index contributed by atoms with van der Waals surface area (Å²) in [6.07, 6.45) is 0.360. The van der Waals surface area contributed by atoms with E-state index in [4.69, 9.17) is 0 Å². The lowest BCUT2D eigenvalue weighted by Gasteiger charge is -2.06. The number of thiazole rings is 1. The third-order valence-corrected chi connectivity index (χ3v) is 6.73. The molecule has 146 valence electrons. The van der Waals surface area contributed by atoms with Crippen LogP contribution in [0.1, 0.15) is 10.6 Å². The first-order valence-corrected chi connectivity index (χ1v) is 10.5. The molecule has 1 N–H and O–H groups in total. The summed E-state index contributed by atoms with van der Waals surface area (Å²) in [6, 6.07) is 11.3. The highest BCUT2D eigenvalue weighted by atomic mass is 32.2. The Bertz CT molecular complexity index is 1130. The number of rotatable bonds is 7. The Kier molecular flexibility index (Phi) is 5.82. The van der Waals surface area contributed by atoms with Crippen LogP contribution in [0.4, 0.5) is 10.1 Å². The van der Waals surface area contributed by atoms with Gasteiger partial charge in [-0.2, -0.15) is 0 Å². The Hall–Kier alpha value is -2.69. The molecular weight excluding hydrogens is 405 g/mol. The molecule has 0 spiro atoms. The Morgan fingerprint density at radius 1 is 1.21 bits per heavy atom. The van der Waals surface area contributed by atoms with E-state index in [0.29, 0.717) is 17.0 Å². The van der Waals surface area contributed by atoms with Crippen LogP contribution in [0.3, 0.4) is 0 Å². The minimum Gasteiger partial charge on any atom is -0.258 e. The lowest BCUT2D eigenvalue weighted by molar-refractivity contribution is -0.387. The molecule has 0 aliphatic carbocycles. The van der Waals surface area contributed by atoms with Crippen molar-refractivity contribution in [1.29, 1.82) is 0 Å². The SMILES string of the molecule is Cc1nc(-c2cccc(F)c2)sc1CCNS(=O)(=O)c1ccccc1[N+](=O)[O-]. The second-order valence-corrected chi connectivity index (χ2v) is 8.73. The number of nitro benzene ring substituents is 1. The summed E-state index contributed by atoms with van der Waals surface area (Å²) in [5.74, 6) is -0.357. The number of para-hydroxylation sites is 1. The number of aromatic nitrogens is 1. The predicted molar refractivity (Wildman–Crippen MR) is 104 cm³/mol. The fraction of sp³-hybridized carbons (Fsp3) is 0.167. The standard InChI is InChI=1S/C18H16FN3O4S2/c1-12-16(27-18(21-12)13-5-4-6-14(19)11-13)9-10-20-28(25,26)17-8-3-2-7-15(17)22(23)24/h2-8,11,20H,9-10H2,1H3. The Labute approximate surface area is 165 Å². The van der Waals surface area contributed by atoms with E-state index in [2.05, 4.69) is 9.71 Å². The zero-order valence-corrected chi connectivity index (χ0v) is 16.4. The molecule has 0 saturated heterocycles. The number of halogens is 1. The topological polar surface area (TPSA) is 102 Å². The first kappa shape index (κ1) is 20.1. The van der Waals surface area contributed by atoms with Gasteiger partial charge in [0.05, 0.1) is 10.6 Å². The summed E-state index contributed by atoms with van der Waals surface area (Å²) < 4.78 is 40.6. The van der Waals surface area contributed by atoms with Gasteiger partial charge < -0.3 is 0 Å². The Morgan fingerprint density at radius 2 is 1.96 bits per heavy atom. The molecule has 0 radical (unpaired) electrons. The number of hydrogen-bond acceptors (Lipinski definition) is 6. The van der Waals surface area contributed by atoms with Gasteiger partial charge in [0.1, 0.15) is 10.8 Å². The maximum Gasteiger partial charge on any atom is 0.289 e. The predicted octanol–water partition coefficient (Wildman–Crippen LogP) is 3.69. The quantitative estimate of drug-likeness (QED) is 0.463. The Morgan fingerprint density at radius 3 is 2.68 bits per heavy atom. The van der Waals surface area contributed by atoms with Crippen molar-refractivity contribution in [2.45, 2.75) is 18.2 Å². The summed E-state index contributed by atoms with van der Waals surface area (Å²) >= 11 is 1.35. The number of hydrogen-bond donors (Lipinski definition) is 1. The minimum absolute atomic E-state index is 0.0556. The van der Waals surface area contributed by atoms with Crippen molar-refractivity contribution < 1.29 is 17.7 Å². The molecule has 0 fully saturated rings. The van der Waals surface area contributed by atoms with Crippen LogP contribution in [-0.2, 0) is 16.4 Å². The Balaban J connectivity index is 1.73. The normalized spacial score (nSPS) is 11.5. The number of aryl methyl sites for hydroxylation is 1. The van der Waals surface area contributed by atoms with Gasteiger partial charge in [0.2, 0.25) is 10.0 Å². The summed E-state index contributed by atoms with van der Waals surface area (Å²) in [6.45, 7) is 1.85. The van der Waals surface area contributed by atoms with Gasteiger partial charge in [0.15, 0.2) is 4.90 Å². The number of nitrogens with one attached hydrogen (secondary N) is 1. The second kappa shape index (κ2) is 8.13. The monoisotopic (exact) mass is 421 g/mol. The van der Waals surface area contributed by atoms with Crippen LogP contribution in [0.15, 0.2) is 53.4 Å². The van der Waals surface area contributed by atoms with Gasteiger partial charge in [-0.3, -0.25) is 10.1 Å². The van der Waals surface area contributed by atoms with E-state index in [1.807, 2.05) is 0 Å². The number of nitrogens with zero attached hydrogens (tertiary/aromatic N) is 2. The van der Waals surface area contributed by atoms with Gasteiger partial charge >= 0.3 is 0 Å². The maximum atomic E-state index is 13.4. The molecule has 28 heavy (non-hydrogen) atoms. The largest absolute Gasteiger partial charge is 0.289 e. The lowest BCUT2D eigenvalue weighted by atomic mass is 10.2. The van der Waals surface area contributed by atoms with Crippen molar-refractivity contribution in [3.63, 3.8) is 0 Å². The average molecular weight is 421 g/mol. The van der Waals surface area contributed by atoms with Crippen molar-refractivity contribution in [3.05, 3.63) is 75.0 Å². The smallest absolute Gasteiger partial charge is 0.258 e. The van der Waals surface area contributed by atoms with E-state index in [9.17, 15) is 22.9 Å². The molecule has 0 atom stereocenters. The molecule has 0 unspecified atom stereocenters. The number of nitro groups is 1. The van der Waals surface area contributed by atoms with Crippen LogP contribution in [0.25, 0.3) is 10.6 Å². The van der Waals surface area contributed by atoms with Crippen LogP contribution >= 0.6 is 11.3 Å². The molecule has 3 aromatic rings.